The lowest BCUT2D eigenvalue weighted by molar-refractivity contribution is -0.230. The van der Waals surface area contributed by atoms with Crippen LogP contribution in [0.15, 0.2) is 0 Å². The van der Waals surface area contributed by atoms with Crippen molar-refractivity contribution in [3.63, 3.8) is 0 Å². The van der Waals surface area contributed by atoms with E-state index in [9.17, 15) is 5.11 Å². The van der Waals surface area contributed by atoms with Gasteiger partial charge in [-0.05, 0) is 83.1 Å². The molecule has 8 nitrogen and oxygen atoms in total. The lowest BCUT2D eigenvalue weighted by Crippen LogP contribution is -2.59. The van der Waals surface area contributed by atoms with Crippen LogP contribution in [-0.2, 0) is 23.7 Å². The van der Waals surface area contributed by atoms with Crippen LogP contribution in [0, 0.1) is 29.6 Å². The Balaban J connectivity index is 1.13. The van der Waals surface area contributed by atoms with E-state index in [0.29, 0.717) is 31.2 Å². The van der Waals surface area contributed by atoms with E-state index in [4.69, 9.17) is 29.4 Å². The van der Waals surface area contributed by atoms with Gasteiger partial charge in [0, 0.05) is 37.4 Å². The van der Waals surface area contributed by atoms with Gasteiger partial charge in [-0.25, -0.2) is 0 Å². The Morgan fingerprint density at radius 2 is 1.51 bits per heavy atom. The number of aliphatic hydroxyl groups is 1. The molecule has 0 amide bonds. The predicted octanol–water partition coefficient (Wildman–Crippen LogP) is 3.38. The van der Waals surface area contributed by atoms with Gasteiger partial charge in [0.25, 0.3) is 0 Å². The normalized spacial score (nSPS) is 47.5. The van der Waals surface area contributed by atoms with Gasteiger partial charge in [-0.15, -0.1) is 0 Å². The average Bonchev–Trinajstić information content (AvgIpc) is 3.47. The SMILES string of the molecule is COC1CCC2OC[C@@H]([C@@H]3COC4CCC(OC5CCCC5)CC4[C@H]3O)[C@@H](OCCC3CCNC(N)C3)C2C1. The standard InChI is InChI=1S/C31H54N2O6/c1-35-21-6-8-28-24(15-21)31(36-13-11-19-10-12-33-29(32)14-19)26(18-38-28)25-17-37-27-9-7-22(16-23(27)30(25)34)39-20-4-2-3-5-20/h19-31,33-34H,2-18,32H2,1H3/t19?,21?,22?,23?,24?,25-,26-,27?,28?,29?,30+,31-/m0/s1. The Morgan fingerprint density at radius 3 is 2.28 bits per heavy atom. The molecule has 3 aliphatic carbocycles. The van der Waals surface area contributed by atoms with E-state index in [2.05, 4.69) is 5.32 Å². The van der Waals surface area contributed by atoms with Crippen LogP contribution in [-0.4, -0.2) is 87.5 Å². The molecule has 0 aromatic carbocycles. The molecule has 3 saturated heterocycles. The van der Waals surface area contributed by atoms with E-state index < -0.39 is 6.10 Å². The average molecular weight is 551 g/mol. The minimum absolute atomic E-state index is 0.0256. The summed E-state index contributed by atoms with van der Waals surface area (Å²) in [5, 5.41) is 15.2. The fourth-order valence-corrected chi connectivity index (χ4v) is 8.98. The van der Waals surface area contributed by atoms with Crippen LogP contribution >= 0.6 is 0 Å². The van der Waals surface area contributed by atoms with Crippen molar-refractivity contribution in [1.29, 1.82) is 0 Å². The van der Waals surface area contributed by atoms with Gasteiger partial charge in [0.2, 0.25) is 0 Å². The molecule has 4 N–H and O–H groups in total. The van der Waals surface area contributed by atoms with Gasteiger partial charge in [-0.2, -0.15) is 0 Å². The van der Waals surface area contributed by atoms with E-state index >= 15 is 0 Å². The summed E-state index contributed by atoms with van der Waals surface area (Å²) in [7, 11) is 1.83. The van der Waals surface area contributed by atoms with Crippen LogP contribution < -0.4 is 11.1 Å². The monoisotopic (exact) mass is 550 g/mol. The van der Waals surface area contributed by atoms with E-state index in [-0.39, 0.29) is 54.4 Å². The zero-order valence-electron chi connectivity index (χ0n) is 24.1. The lowest BCUT2D eigenvalue weighted by atomic mass is 9.67. The van der Waals surface area contributed by atoms with Crippen LogP contribution in [0.2, 0.25) is 0 Å². The Labute approximate surface area is 235 Å². The van der Waals surface area contributed by atoms with Gasteiger partial charge in [0.1, 0.15) is 0 Å². The van der Waals surface area contributed by atoms with Gasteiger partial charge in [0.05, 0.1) is 62.1 Å². The number of ether oxygens (including phenoxy) is 5. The summed E-state index contributed by atoms with van der Waals surface area (Å²) in [5.41, 5.74) is 6.17. The first-order chi connectivity index (χ1) is 19.1. The first-order valence-corrected chi connectivity index (χ1v) is 16.3. The highest BCUT2D eigenvalue weighted by molar-refractivity contribution is 5.00. The van der Waals surface area contributed by atoms with Crippen molar-refractivity contribution in [3.8, 4) is 0 Å². The third-order valence-corrected chi connectivity index (χ3v) is 11.3. The topological polar surface area (TPSA) is 104 Å². The first-order valence-electron chi connectivity index (χ1n) is 16.3. The van der Waals surface area contributed by atoms with Crippen LogP contribution in [0.25, 0.3) is 0 Å². The molecule has 6 rings (SSSR count). The first kappa shape index (κ1) is 28.8. The second-order valence-corrected chi connectivity index (χ2v) is 13.6. The molecule has 0 bridgehead atoms. The molecule has 0 aromatic heterocycles. The minimum atomic E-state index is -0.404. The molecule has 6 fully saturated rings. The van der Waals surface area contributed by atoms with Crippen molar-refractivity contribution in [2.75, 3.05) is 33.5 Å². The largest absolute Gasteiger partial charge is 0.392 e. The number of hydrogen-bond acceptors (Lipinski definition) is 8. The molecule has 6 aliphatic rings. The number of hydrogen-bond donors (Lipinski definition) is 3. The van der Waals surface area contributed by atoms with Gasteiger partial charge in [-0.3, -0.25) is 0 Å². The van der Waals surface area contributed by atoms with Gasteiger partial charge >= 0.3 is 0 Å². The van der Waals surface area contributed by atoms with Gasteiger partial charge < -0.3 is 39.8 Å². The van der Waals surface area contributed by atoms with E-state index in [1.54, 1.807) is 0 Å². The number of nitrogens with two attached hydrogens (primary N) is 1. The molecule has 0 spiro atoms. The van der Waals surface area contributed by atoms with Crippen LogP contribution in [0.1, 0.15) is 83.5 Å². The Bertz CT molecular complexity index is 767. The van der Waals surface area contributed by atoms with Crippen molar-refractivity contribution >= 4 is 0 Å². The highest BCUT2D eigenvalue weighted by Gasteiger charge is 2.52. The summed E-state index contributed by atoms with van der Waals surface area (Å²) in [4.78, 5) is 0. The molecule has 3 saturated carbocycles. The van der Waals surface area contributed by atoms with Crippen molar-refractivity contribution in [2.24, 2.45) is 35.3 Å². The minimum Gasteiger partial charge on any atom is -0.392 e. The van der Waals surface area contributed by atoms with Crippen LogP contribution in [0.3, 0.4) is 0 Å². The molecule has 0 aromatic rings. The fourth-order valence-electron chi connectivity index (χ4n) is 8.98. The lowest BCUT2D eigenvalue weighted by Gasteiger charge is -2.52. The Kier molecular flexibility index (Phi) is 9.83. The van der Waals surface area contributed by atoms with E-state index in [1.165, 1.54) is 25.7 Å². The molecule has 8 unspecified atom stereocenters. The molecular weight excluding hydrogens is 496 g/mol. The molecule has 12 atom stereocenters. The van der Waals surface area contributed by atoms with Crippen molar-refractivity contribution in [3.05, 3.63) is 0 Å². The van der Waals surface area contributed by atoms with E-state index in [1.807, 2.05) is 7.11 Å². The Morgan fingerprint density at radius 1 is 0.795 bits per heavy atom. The molecular formula is C31H54N2O6. The number of nitrogens with one attached hydrogen (secondary N) is 1. The summed E-state index contributed by atoms with van der Waals surface area (Å²) in [6.07, 6.45) is 15.2. The highest BCUT2D eigenvalue weighted by Crippen LogP contribution is 2.46. The molecule has 0 radical (unpaired) electrons. The van der Waals surface area contributed by atoms with Crippen molar-refractivity contribution < 1.29 is 28.8 Å². The fraction of sp³-hybridized carbons (Fsp3) is 1.00. The third-order valence-electron chi connectivity index (χ3n) is 11.3. The summed E-state index contributed by atoms with van der Waals surface area (Å²) in [6, 6.07) is 0. The van der Waals surface area contributed by atoms with Crippen LogP contribution in [0.5, 0.6) is 0 Å². The molecule has 3 heterocycles. The second-order valence-electron chi connectivity index (χ2n) is 13.6. The summed E-state index contributed by atoms with van der Waals surface area (Å²) < 4.78 is 32.2. The summed E-state index contributed by atoms with van der Waals surface area (Å²) >= 11 is 0. The second kappa shape index (κ2) is 13.3. The zero-order chi connectivity index (χ0) is 26.8. The van der Waals surface area contributed by atoms with Crippen LogP contribution in [0.4, 0.5) is 0 Å². The predicted molar refractivity (Wildman–Crippen MR) is 148 cm³/mol. The molecule has 3 aliphatic heterocycles. The molecule has 39 heavy (non-hydrogen) atoms. The number of rotatable bonds is 8. The summed E-state index contributed by atoms with van der Waals surface area (Å²) in [5.74, 6) is 1.20. The zero-order valence-corrected chi connectivity index (χ0v) is 24.1. The molecule has 8 heteroatoms. The third kappa shape index (κ3) is 6.69. The number of fused-ring (bicyclic) bond motifs is 2. The van der Waals surface area contributed by atoms with Gasteiger partial charge in [0.15, 0.2) is 0 Å². The maximum Gasteiger partial charge on any atom is 0.0683 e. The number of piperidine rings is 1. The number of aliphatic hydroxyl groups excluding tert-OH is 1. The van der Waals surface area contributed by atoms with Crippen molar-refractivity contribution in [2.45, 2.75) is 132 Å². The smallest absolute Gasteiger partial charge is 0.0683 e. The van der Waals surface area contributed by atoms with Gasteiger partial charge in [-0.1, -0.05) is 12.8 Å². The Hall–Kier alpha value is -0.320. The highest BCUT2D eigenvalue weighted by atomic mass is 16.5. The summed E-state index contributed by atoms with van der Waals surface area (Å²) in [6.45, 7) is 2.98. The maximum atomic E-state index is 11.9. The number of methoxy groups -OCH3 is 1. The maximum absolute atomic E-state index is 11.9. The molecule has 224 valence electrons. The quantitative estimate of drug-likeness (QED) is 0.423. The van der Waals surface area contributed by atoms with E-state index in [0.717, 1.165) is 70.9 Å². The van der Waals surface area contributed by atoms with Crippen molar-refractivity contribution in [1.82, 2.24) is 5.32 Å².